The van der Waals surface area contributed by atoms with Gasteiger partial charge in [0.05, 0.1) is 26.4 Å². The summed E-state index contributed by atoms with van der Waals surface area (Å²) in [6.07, 6.45) is 63.1. The number of rotatable bonds is 78. The van der Waals surface area contributed by atoms with E-state index in [1.807, 2.05) is 0 Å². The molecule has 596 valence electrons. The minimum absolute atomic E-state index is 0.0845. The molecule has 0 aromatic rings. The Bertz CT molecular complexity index is 2050. The second kappa shape index (κ2) is 71.8. The van der Waals surface area contributed by atoms with Crippen molar-refractivity contribution in [3.8, 4) is 0 Å². The summed E-state index contributed by atoms with van der Waals surface area (Å²) in [5, 5.41) is 10.6. The Morgan fingerprint density at radius 2 is 0.584 bits per heavy atom. The van der Waals surface area contributed by atoms with Crippen molar-refractivity contribution in [3.63, 3.8) is 0 Å². The Labute approximate surface area is 618 Å². The van der Waals surface area contributed by atoms with Crippen LogP contribution in [0.5, 0.6) is 0 Å². The number of hydrogen-bond donors (Lipinski definition) is 3. The molecule has 0 aliphatic heterocycles. The monoisotopic (exact) mass is 1480 g/mol. The van der Waals surface area contributed by atoms with Crippen LogP contribution in [0.25, 0.3) is 0 Å². The van der Waals surface area contributed by atoms with Crippen molar-refractivity contribution < 1.29 is 80.2 Å². The smallest absolute Gasteiger partial charge is 0.462 e. The highest BCUT2D eigenvalue weighted by molar-refractivity contribution is 7.47. The largest absolute Gasteiger partial charge is 0.472 e. The van der Waals surface area contributed by atoms with Gasteiger partial charge < -0.3 is 33.8 Å². The van der Waals surface area contributed by atoms with Crippen LogP contribution in [0.1, 0.15) is 402 Å². The number of aliphatic hydroxyl groups excluding tert-OH is 1. The first-order valence-electron chi connectivity index (χ1n) is 41.7. The second-order valence-corrected chi connectivity index (χ2v) is 32.9. The quantitative estimate of drug-likeness (QED) is 0.0169. The highest BCUT2D eigenvalue weighted by Crippen LogP contribution is 2.45. The Morgan fingerprint density at radius 1 is 0.327 bits per heavy atom. The van der Waals surface area contributed by atoms with Crippen LogP contribution in [0, 0.1) is 17.8 Å². The van der Waals surface area contributed by atoms with Crippen molar-refractivity contribution >= 4 is 39.5 Å². The third kappa shape index (κ3) is 74.2. The lowest BCUT2D eigenvalue weighted by atomic mass is 9.99. The minimum atomic E-state index is -4.97. The number of carbonyl (C=O) groups is 4. The van der Waals surface area contributed by atoms with E-state index in [2.05, 4.69) is 72.8 Å². The van der Waals surface area contributed by atoms with E-state index in [1.165, 1.54) is 199 Å². The summed E-state index contributed by atoms with van der Waals surface area (Å²) in [6, 6.07) is 0. The Hall–Kier alpha value is -2.46. The van der Waals surface area contributed by atoms with Gasteiger partial charge in [-0.25, -0.2) is 9.13 Å². The van der Waals surface area contributed by atoms with E-state index >= 15 is 0 Å². The zero-order valence-electron chi connectivity index (χ0n) is 65.9. The van der Waals surface area contributed by atoms with Crippen LogP contribution in [0.3, 0.4) is 0 Å². The standard InChI is InChI=1S/C82H156O17P2/c1-8-10-11-12-13-14-15-16-17-25-30-35-44-51-58-65-82(87)99-78(70-93-80(85)64-57-50-43-38-37-41-48-55-62-75(7)9-2)72-97-101(90,91)95-68-76(83)67-94-100(88,89)96-71-77(98-81(86)66-59-52-45-36-31-26-21-19-23-28-33-40-47-54-61-74(5)6)69-92-79(84)63-56-49-42-34-29-24-20-18-22-27-32-39-46-53-60-73(3)4/h14-17,73-78,83H,8-13,18-72H2,1-7H3,(H,88,89)(H,90,91)/b15-14-,17-16-/t75?,76-,77-,78-/m1/s1. The number of phosphoric ester groups is 2. The molecule has 0 aromatic heterocycles. The maximum atomic E-state index is 13.1. The second-order valence-electron chi connectivity index (χ2n) is 30.0. The van der Waals surface area contributed by atoms with Crippen LogP contribution in [0.2, 0.25) is 0 Å². The third-order valence-electron chi connectivity index (χ3n) is 18.9. The lowest BCUT2D eigenvalue weighted by Gasteiger charge is -2.21. The molecule has 19 heteroatoms. The highest BCUT2D eigenvalue weighted by Gasteiger charge is 2.30. The zero-order valence-corrected chi connectivity index (χ0v) is 67.6. The number of unbranched alkanes of at least 4 members (excludes halogenated alkanes) is 42. The van der Waals surface area contributed by atoms with Crippen molar-refractivity contribution in [3.05, 3.63) is 24.3 Å². The summed E-state index contributed by atoms with van der Waals surface area (Å²) in [5.74, 6) is 0.227. The van der Waals surface area contributed by atoms with Crippen molar-refractivity contribution in [1.82, 2.24) is 0 Å². The van der Waals surface area contributed by atoms with Crippen LogP contribution in [0.15, 0.2) is 24.3 Å². The van der Waals surface area contributed by atoms with Crippen molar-refractivity contribution in [2.45, 2.75) is 420 Å². The molecule has 0 rings (SSSR count). The van der Waals surface area contributed by atoms with Crippen LogP contribution in [-0.4, -0.2) is 96.7 Å². The predicted octanol–water partition coefficient (Wildman–Crippen LogP) is 24.1. The normalized spacial score (nSPS) is 14.4. The lowest BCUT2D eigenvalue weighted by Crippen LogP contribution is -2.30. The molecule has 0 radical (unpaired) electrons. The fourth-order valence-corrected chi connectivity index (χ4v) is 13.7. The van der Waals surface area contributed by atoms with Crippen LogP contribution >= 0.6 is 15.6 Å². The van der Waals surface area contributed by atoms with Crippen molar-refractivity contribution in [2.75, 3.05) is 39.6 Å². The molecule has 0 bridgehead atoms. The fraction of sp³-hybridized carbons (Fsp3) is 0.902. The highest BCUT2D eigenvalue weighted by atomic mass is 31.2. The van der Waals surface area contributed by atoms with Gasteiger partial charge in [-0.15, -0.1) is 0 Å². The maximum Gasteiger partial charge on any atom is 0.472 e. The molecule has 0 saturated heterocycles. The van der Waals surface area contributed by atoms with E-state index in [0.29, 0.717) is 25.7 Å². The van der Waals surface area contributed by atoms with Gasteiger partial charge in [0.15, 0.2) is 12.2 Å². The van der Waals surface area contributed by atoms with E-state index in [4.69, 9.17) is 37.0 Å². The molecule has 3 N–H and O–H groups in total. The van der Waals surface area contributed by atoms with Gasteiger partial charge in [0, 0.05) is 25.7 Å². The predicted molar refractivity (Wildman–Crippen MR) is 414 cm³/mol. The number of esters is 4. The van der Waals surface area contributed by atoms with Gasteiger partial charge in [-0.05, 0) is 69.1 Å². The maximum absolute atomic E-state index is 13.1. The molecule has 3 unspecified atom stereocenters. The Morgan fingerprint density at radius 3 is 0.881 bits per heavy atom. The summed E-state index contributed by atoms with van der Waals surface area (Å²) >= 11 is 0. The van der Waals surface area contributed by atoms with E-state index in [0.717, 1.165) is 120 Å². The summed E-state index contributed by atoms with van der Waals surface area (Å²) in [4.78, 5) is 73.1. The molecule has 6 atom stereocenters. The lowest BCUT2D eigenvalue weighted by molar-refractivity contribution is -0.161. The average Bonchev–Trinajstić information content (AvgIpc) is 0.945. The molecule has 0 aromatic carbocycles. The molecule has 101 heavy (non-hydrogen) atoms. The summed E-state index contributed by atoms with van der Waals surface area (Å²) < 4.78 is 68.7. The SMILES string of the molecule is CCCCCC/C=C\C=C/CCCCCCCC(=O)O[C@H](COC(=O)CCCCCCCCCCC(C)CC)COP(=O)(O)OC[C@H](O)COP(=O)(O)OC[C@@H](COC(=O)CCCCCCCCCCCCCCCCC(C)C)OC(=O)CCCCCCCCCCCCCCCCC(C)C. The van der Waals surface area contributed by atoms with Gasteiger partial charge in [-0.2, -0.15) is 0 Å². The Kier molecular flexibility index (Phi) is 70.0. The first-order chi connectivity index (χ1) is 48.8. The summed E-state index contributed by atoms with van der Waals surface area (Å²) in [7, 11) is -9.94. The van der Waals surface area contributed by atoms with Crippen molar-refractivity contribution in [2.24, 2.45) is 17.8 Å². The molecule has 0 aliphatic carbocycles. The van der Waals surface area contributed by atoms with E-state index in [1.54, 1.807) is 0 Å². The van der Waals surface area contributed by atoms with Gasteiger partial charge in [0.2, 0.25) is 0 Å². The van der Waals surface area contributed by atoms with Gasteiger partial charge in [0.25, 0.3) is 0 Å². The molecule has 0 spiro atoms. The average molecular weight is 1480 g/mol. The van der Waals surface area contributed by atoms with Crippen LogP contribution in [-0.2, 0) is 65.4 Å². The Balaban J connectivity index is 5.30. The summed E-state index contributed by atoms with van der Waals surface area (Å²) in [5.41, 5.74) is 0. The number of carbonyl (C=O) groups excluding carboxylic acids is 4. The molecule has 0 heterocycles. The third-order valence-corrected chi connectivity index (χ3v) is 20.8. The van der Waals surface area contributed by atoms with Crippen molar-refractivity contribution in [1.29, 1.82) is 0 Å². The molecule has 0 amide bonds. The molecule has 0 fully saturated rings. The molecule has 17 nitrogen and oxygen atoms in total. The van der Waals surface area contributed by atoms with E-state index in [-0.39, 0.29) is 25.7 Å². The fourth-order valence-electron chi connectivity index (χ4n) is 12.1. The molecule has 0 aliphatic rings. The number of aliphatic hydroxyl groups is 1. The number of ether oxygens (including phenoxy) is 4. The number of phosphoric acid groups is 2. The molecular weight excluding hydrogens is 1320 g/mol. The first kappa shape index (κ1) is 98.5. The first-order valence-corrected chi connectivity index (χ1v) is 44.7. The van der Waals surface area contributed by atoms with Gasteiger partial charge in [-0.1, -0.05) is 349 Å². The zero-order chi connectivity index (χ0) is 74.4. The van der Waals surface area contributed by atoms with Gasteiger partial charge >= 0.3 is 39.5 Å². The number of hydrogen-bond acceptors (Lipinski definition) is 15. The van der Waals surface area contributed by atoms with E-state index < -0.39 is 97.5 Å². The molecule has 0 saturated carbocycles. The molecular formula is C82H156O17P2. The van der Waals surface area contributed by atoms with Crippen LogP contribution < -0.4 is 0 Å². The van der Waals surface area contributed by atoms with Gasteiger partial charge in [-0.3, -0.25) is 37.3 Å². The topological polar surface area (TPSA) is 237 Å². The minimum Gasteiger partial charge on any atom is -0.462 e. The summed E-state index contributed by atoms with van der Waals surface area (Å²) in [6.45, 7) is 11.9. The van der Waals surface area contributed by atoms with E-state index in [9.17, 15) is 43.2 Å². The van der Waals surface area contributed by atoms with Gasteiger partial charge in [0.1, 0.15) is 19.3 Å². The number of allylic oxidation sites excluding steroid dienone is 4. The van der Waals surface area contributed by atoms with Crippen LogP contribution in [0.4, 0.5) is 0 Å².